The van der Waals surface area contributed by atoms with E-state index in [1.807, 2.05) is 24.5 Å². The van der Waals surface area contributed by atoms with Crippen LogP contribution in [-0.4, -0.2) is 12.1 Å². The Morgan fingerprint density at radius 3 is 2.86 bits per heavy atom. The summed E-state index contributed by atoms with van der Waals surface area (Å²) in [5.74, 6) is 0.882. The number of benzene rings is 1. The van der Waals surface area contributed by atoms with E-state index in [4.69, 9.17) is 4.74 Å². The Hall–Kier alpha value is -1.57. The van der Waals surface area contributed by atoms with E-state index in [-0.39, 0.29) is 0 Å². The Balaban J connectivity index is 2.67. The summed E-state index contributed by atoms with van der Waals surface area (Å²) in [6, 6.07) is 6.09. The van der Waals surface area contributed by atoms with Crippen molar-refractivity contribution in [2.75, 3.05) is 7.11 Å². The molecule has 1 heterocycles. The standard InChI is InChI=1S/C12H13NO/c1-3-9-7-13-8-10-6-11(14-2)4-5-12(9)10/h4-8H,3H2,1-2H3. The van der Waals surface area contributed by atoms with Gasteiger partial charge in [0, 0.05) is 17.8 Å². The molecule has 0 saturated heterocycles. The zero-order valence-electron chi connectivity index (χ0n) is 8.45. The predicted octanol–water partition coefficient (Wildman–Crippen LogP) is 2.81. The lowest BCUT2D eigenvalue weighted by Crippen LogP contribution is -1.87. The smallest absolute Gasteiger partial charge is 0.119 e. The quantitative estimate of drug-likeness (QED) is 0.721. The van der Waals surface area contributed by atoms with E-state index in [0.29, 0.717) is 0 Å². The topological polar surface area (TPSA) is 22.1 Å². The van der Waals surface area contributed by atoms with Gasteiger partial charge in [0.15, 0.2) is 0 Å². The van der Waals surface area contributed by atoms with Crippen LogP contribution < -0.4 is 4.74 Å². The second-order valence-electron chi connectivity index (χ2n) is 3.24. The molecule has 0 saturated carbocycles. The van der Waals surface area contributed by atoms with Gasteiger partial charge in [0.05, 0.1) is 7.11 Å². The maximum atomic E-state index is 5.17. The fourth-order valence-corrected chi connectivity index (χ4v) is 1.63. The Kier molecular flexibility index (Phi) is 2.35. The molecule has 0 atom stereocenters. The van der Waals surface area contributed by atoms with Crippen LogP contribution in [0.25, 0.3) is 10.8 Å². The summed E-state index contributed by atoms with van der Waals surface area (Å²) < 4.78 is 5.17. The van der Waals surface area contributed by atoms with E-state index >= 15 is 0 Å². The van der Waals surface area contributed by atoms with Crippen molar-refractivity contribution in [3.63, 3.8) is 0 Å². The Morgan fingerprint density at radius 1 is 1.29 bits per heavy atom. The Bertz CT molecular complexity index is 451. The van der Waals surface area contributed by atoms with Crippen LogP contribution in [0.2, 0.25) is 0 Å². The molecule has 2 heteroatoms. The molecule has 0 spiro atoms. The van der Waals surface area contributed by atoms with Gasteiger partial charge in [0.2, 0.25) is 0 Å². The van der Waals surface area contributed by atoms with Crippen LogP contribution in [0, 0.1) is 0 Å². The summed E-state index contributed by atoms with van der Waals surface area (Å²) in [6.07, 6.45) is 4.81. The number of hydrogen-bond donors (Lipinski definition) is 0. The van der Waals surface area contributed by atoms with Crippen molar-refractivity contribution in [3.8, 4) is 5.75 Å². The molecule has 0 radical (unpaired) electrons. The van der Waals surface area contributed by atoms with E-state index in [1.165, 1.54) is 10.9 Å². The van der Waals surface area contributed by atoms with Gasteiger partial charge in [0.1, 0.15) is 5.75 Å². The third kappa shape index (κ3) is 1.43. The molecule has 1 aromatic heterocycles. The average Bonchev–Trinajstić information content (AvgIpc) is 2.27. The second-order valence-corrected chi connectivity index (χ2v) is 3.24. The SMILES string of the molecule is CCc1cncc2cc(OC)ccc12. The number of rotatable bonds is 2. The van der Waals surface area contributed by atoms with Crippen molar-refractivity contribution in [1.29, 1.82) is 0 Å². The van der Waals surface area contributed by atoms with Crippen molar-refractivity contribution in [3.05, 3.63) is 36.2 Å². The van der Waals surface area contributed by atoms with Gasteiger partial charge in [-0.05, 0) is 29.5 Å². The maximum absolute atomic E-state index is 5.17. The average molecular weight is 187 g/mol. The predicted molar refractivity (Wildman–Crippen MR) is 57.7 cm³/mol. The third-order valence-corrected chi connectivity index (χ3v) is 2.43. The highest BCUT2D eigenvalue weighted by atomic mass is 16.5. The first-order valence-electron chi connectivity index (χ1n) is 4.75. The number of methoxy groups -OCH3 is 1. The minimum absolute atomic E-state index is 0.882. The van der Waals surface area contributed by atoms with Gasteiger partial charge in [-0.3, -0.25) is 4.98 Å². The highest BCUT2D eigenvalue weighted by Crippen LogP contribution is 2.22. The molecule has 2 rings (SSSR count). The molecule has 0 fully saturated rings. The van der Waals surface area contributed by atoms with Crippen LogP contribution in [0.3, 0.4) is 0 Å². The summed E-state index contributed by atoms with van der Waals surface area (Å²) in [5.41, 5.74) is 1.28. The second kappa shape index (κ2) is 3.66. The molecule has 2 aromatic rings. The number of pyridine rings is 1. The Morgan fingerprint density at radius 2 is 2.14 bits per heavy atom. The van der Waals surface area contributed by atoms with Gasteiger partial charge < -0.3 is 4.74 Å². The van der Waals surface area contributed by atoms with Gasteiger partial charge in [-0.2, -0.15) is 0 Å². The summed E-state index contributed by atoms with van der Waals surface area (Å²) in [4.78, 5) is 4.20. The minimum atomic E-state index is 0.882. The van der Waals surface area contributed by atoms with Crippen LogP contribution >= 0.6 is 0 Å². The van der Waals surface area contributed by atoms with Crippen LogP contribution in [0.5, 0.6) is 5.75 Å². The van der Waals surface area contributed by atoms with Crippen molar-refractivity contribution in [2.45, 2.75) is 13.3 Å². The van der Waals surface area contributed by atoms with E-state index < -0.39 is 0 Å². The van der Waals surface area contributed by atoms with Crippen LogP contribution in [0.4, 0.5) is 0 Å². The molecule has 14 heavy (non-hydrogen) atoms. The molecular weight excluding hydrogens is 174 g/mol. The number of aryl methyl sites for hydroxylation is 1. The van der Waals surface area contributed by atoms with Crippen LogP contribution in [0.1, 0.15) is 12.5 Å². The summed E-state index contributed by atoms with van der Waals surface area (Å²) in [7, 11) is 1.68. The molecule has 0 amide bonds. The third-order valence-electron chi connectivity index (χ3n) is 2.43. The summed E-state index contributed by atoms with van der Waals surface area (Å²) in [5, 5.41) is 2.41. The molecule has 0 aliphatic carbocycles. The highest BCUT2D eigenvalue weighted by molar-refractivity contribution is 5.85. The lowest BCUT2D eigenvalue weighted by molar-refractivity contribution is 0.415. The first-order valence-corrected chi connectivity index (χ1v) is 4.75. The molecule has 1 aromatic carbocycles. The van der Waals surface area contributed by atoms with Gasteiger partial charge in [-0.15, -0.1) is 0 Å². The van der Waals surface area contributed by atoms with E-state index in [0.717, 1.165) is 17.6 Å². The largest absolute Gasteiger partial charge is 0.497 e. The monoisotopic (exact) mass is 187 g/mol. The fourth-order valence-electron chi connectivity index (χ4n) is 1.63. The highest BCUT2D eigenvalue weighted by Gasteiger charge is 2.00. The lowest BCUT2D eigenvalue weighted by Gasteiger charge is -2.05. The van der Waals surface area contributed by atoms with Crippen molar-refractivity contribution in [1.82, 2.24) is 4.98 Å². The Labute approximate surface area is 83.5 Å². The van der Waals surface area contributed by atoms with E-state index in [9.17, 15) is 0 Å². The molecule has 72 valence electrons. The van der Waals surface area contributed by atoms with Gasteiger partial charge >= 0.3 is 0 Å². The molecule has 0 aliphatic heterocycles. The minimum Gasteiger partial charge on any atom is -0.497 e. The molecule has 0 N–H and O–H groups in total. The lowest BCUT2D eigenvalue weighted by atomic mass is 10.1. The number of ether oxygens (including phenoxy) is 1. The molecule has 0 unspecified atom stereocenters. The number of hydrogen-bond acceptors (Lipinski definition) is 2. The number of fused-ring (bicyclic) bond motifs is 1. The van der Waals surface area contributed by atoms with Crippen LogP contribution in [-0.2, 0) is 6.42 Å². The number of aromatic nitrogens is 1. The molecular formula is C12H13NO. The van der Waals surface area contributed by atoms with Crippen LogP contribution in [0.15, 0.2) is 30.6 Å². The fraction of sp³-hybridized carbons (Fsp3) is 0.250. The first-order chi connectivity index (χ1) is 6.85. The van der Waals surface area contributed by atoms with Crippen molar-refractivity contribution in [2.24, 2.45) is 0 Å². The molecule has 0 bridgehead atoms. The summed E-state index contributed by atoms with van der Waals surface area (Å²) in [6.45, 7) is 2.14. The zero-order chi connectivity index (χ0) is 9.97. The summed E-state index contributed by atoms with van der Waals surface area (Å²) >= 11 is 0. The van der Waals surface area contributed by atoms with Gasteiger partial charge in [0.25, 0.3) is 0 Å². The molecule has 0 aliphatic rings. The zero-order valence-corrected chi connectivity index (χ0v) is 8.45. The van der Waals surface area contributed by atoms with Gasteiger partial charge in [-0.1, -0.05) is 13.0 Å². The normalized spacial score (nSPS) is 10.4. The molecule has 2 nitrogen and oxygen atoms in total. The van der Waals surface area contributed by atoms with Crippen molar-refractivity contribution >= 4 is 10.8 Å². The van der Waals surface area contributed by atoms with E-state index in [2.05, 4.69) is 18.0 Å². The number of nitrogens with zero attached hydrogens (tertiary/aromatic N) is 1. The van der Waals surface area contributed by atoms with E-state index in [1.54, 1.807) is 7.11 Å². The first kappa shape index (κ1) is 9.00. The maximum Gasteiger partial charge on any atom is 0.119 e. The van der Waals surface area contributed by atoms with Crippen molar-refractivity contribution < 1.29 is 4.74 Å². The van der Waals surface area contributed by atoms with Gasteiger partial charge in [-0.25, -0.2) is 0 Å².